The first-order valence-electron chi connectivity index (χ1n) is 10.1. The van der Waals surface area contributed by atoms with Gasteiger partial charge >= 0.3 is 0 Å². The molecule has 1 aliphatic heterocycles. The van der Waals surface area contributed by atoms with Crippen LogP contribution in [0.2, 0.25) is 5.02 Å². The van der Waals surface area contributed by atoms with Crippen LogP contribution in [0.15, 0.2) is 53.4 Å². The first-order valence-corrected chi connectivity index (χ1v) is 11.9. The smallest absolute Gasteiger partial charge is 0.255 e. The van der Waals surface area contributed by atoms with E-state index in [2.05, 4.69) is 20.8 Å². The summed E-state index contributed by atoms with van der Waals surface area (Å²) < 4.78 is 28.0. The molecule has 1 fully saturated rings. The zero-order valence-electron chi connectivity index (χ0n) is 18.1. The number of carbonyl (C=O) groups is 1. The van der Waals surface area contributed by atoms with Crippen LogP contribution < -0.4 is 0 Å². The largest absolute Gasteiger partial charge is 0.331 e. The van der Waals surface area contributed by atoms with Gasteiger partial charge in [-0.2, -0.15) is 4.31 Å². The second kappa shape index (κ2) is 8.33. The van der Waals surface area contributed by atoms with Crippen molar-refractivity contribution in [1.29, 1.82) is 0 Å². The normalized spacial score (nSPS) is 20.9. The Morgan fingerprint density at radius 1 is 0.967 bits per heavy atom. The van der Waals surface area contributed by atoms with Gasteiger partial charge in [0.25, 0.3) is 5.91 Å². The summed E-state index contributed by atoms with van der Waals surface area (Å²) in [6, 6.07) is 13.5. The van der Waals surface area contributed by atoms with Crippen LogP contribution >= 0.6 is 11.6 Å². The van der Waals surface area contributed by atoms with Crippen LogP contribution in [0.25, 0.3) is 0 Å². The minimum Gasteiger partial charge on any atom is -0.331 e. The van der Waals surface area contributed by atoms with Crippen molar-refractivity contribution in [2.24, 2.45) is 0 Å². The Labute approximate surface area is 184 Å². The van der Waals surface area contributed by atoms with E-state index < -0.39 is 10.0 Å². The maximum atomic E-state index is 13.2. The van der Waals surface area contributed by atoms with Gasteiger partial charge in [0.1, 0.15) is 0 Å². The molecule has 2 atom stereocenters. The number of amides is 1. The Morgan fingerprint density at radius 2 is 1.50 bits per heavy atom. The number of benzene rings is 2. The quantitative estimate of drug-likeness (QED) is 0.691. The minimum atomic E-state index is -3.64. The highest BCUT2D eigenvalue weighted by Crippen LogP contribution is 2.28. The predicted molar refractivity (Wildman–Crippen MR) is 120 cm³/mol. The topological polar surface area (TPSA) is 57.7 Å². The molecule has 1 heterocycles. The van der Waals surface area contributed by atoms with Crippen molar-refractivity contribution in [1.82, 2.24) is 9.21 Å². The number of hydrogen-bond acceptors (Lipinski definition) is 3. The second-order valence-electron chi connectivity index (χ2n) is 8.99. The van der Waals surface area contributed by atoms with Crippen molar-refractivity contribution in [2.75, 3.05) is 13.1 Å². The molecule has 162 valence electrons. The van der Waals surface area contributed by atoms with Gasteiger partial charge in [-0.15, -0.1) is 0 Å². The Bertz CT molecular complexity index is 1020. The molecule has 30 heavy (non-hydrogen) atoms. The lowest BCUT2D eigenvalue weighted by atomic mass is 9.87. The highest BCUT2D eigenvalue weighted by molar-refractivity contribution is 7.89. The summed E-state index contributed by atoms with van der Waals surface area (Å²) in [5, 5.41) is 0.399. The lowest BCUT2D eigenvalue weighted by Crippen LogP contribution is -2.59. The first kappa shape index (κ1) is 22.8. The lowest BCUT2D eigenvalue weighted by Gasteiger charge is -2.43. The molecule has 3 rings (SSSR count). The summed E-state index contributed by atoms with van der Waals surface area (Å²) in [6.45, 7) is 10.5. The molecule has 5 nitrogen and oxygen atoms in total. The summed E-state index contributed by atoms with van der Waals surface area (Å²) in [5.41, 5.74) is 1.47. The standard InChI is InChI=1S/C23H29ClN2O3S/c1-16-14-25(30(28,29)19-12-10-18(11-13-19)23(3,4)5)15-17(2)26(16)22(27)20-8-6-7-9-21(20)24/h6-13,16-17H,14-15H2,1-5H3/t16-,17+. The van der Waals surface area contributed by atoms with Crippen LogP contribution in [0.5, 0.6) is 0 Å². The molecular formula is C23H29ClN2O3S. The lowest BCUT2D eigenvalue weighted by molar-refractivity contribution is 0.0441. The third kappa shape index (κ3) is 4.41. The maximum Gasteiger partial charge on any atom is 0.255 e. The number of nitrogens with zero attached hydrogens (tertiary/aromatic N) is 2. The molecule has 7 heteroatoms. The van der Waals surface area contributed by atoms with E-state index in [9.17, 15) is 13.2 Å². The van der Waals surface area contributed by atoms with Gasteiger partial charge in [-0.25, -0.2) is 8.42 Å². The third-order valence-electron chi connectivity index (χ3n) is 5.58. The molecule has 2 aromatic carbocycles. The summed E-state index contributed by atoms with van der Waals surface area (Å²) in [4.78, 5) is 15.1. The summed E-state index contributed by atoms with van der Waals surface area (Å²) in [6.07, 6.45) is 0. The van der Waals surface area contributed by atoms with Crippen molar-refractivity contribution in [3.8, 4) is 0 Å². The fourth-order valence-corrected chi connectivity index (χ4v) is 5.74. The molecule has 2 aromatic rings. The summed E-state index contributed by atoms with van der Waals surface area (Å²) >= 11 is 6.21. The summed E-state index contributed by atoms with van der Waals surface area (Å²) in [5.74, 6) is -0.174. The number of carbonyl (C=O) groups excluding carboxylic acids is 1. The van der Waals surface area contributed by atoms with Gasteiger partial charge < -0.3 is 4.90 Å². The molecule has 0 aliphatic carbocycles. The van der Waals surface area contributed by atoms with E-state index in [1.54, 1.807) is 41.3 Å². The number of rotatable bonds is 3. The SMILES string of the molecule is C[C@@H]1CN(S(=O)(=O)c2ccc(C(C)(C)C)cc2)C[C@H](C)N1C(=O)c1ccccc1Cl. The zero-order valence-corrected chi connectivity index (χ0v) is 19.7. The molecule has 0 bridgehead atoms. The van der Waals surface area contributed by atoms with E-state index in [4.69, 9.17) is 11.6 Å². The molecule has 1 amide bonds. The fourth-order valence-electron chi connectivity index (χ4n) is 3.92. The van der Waals surface area contributed by atoms with Crippen LogP contribution in [-0.2, 0) is 15.4 Å². The zero-order chi connectivity index (χ0) is 22.3. The Kier molecular flexibility index (Phi) is 6.33. The van der Waals surface area contributed by atoms with Crippen LogP contribution in [0, 0.1) is 0 Å². The van der Waals surface area contributed by atoms with Gasteiger partial charge in [0, 0.05) is 25.2 Å². The first-order chi connectivity index (χ1) is 13.9. The van der Waals surface area contributed by atoms with Gasteiger partial charge in [-0.1, -0.05) is 56.6 Å². The minimum absolute atomic E-state index is 0.0456. The van der Waals surface area contributed by atoms with Crippen LogP contribution in [-0.4, -0.2) is 48.7 Å². The van der Waals surface area contributed by atoms with Crippen LogP contribution in [0.1, 0.15) is 50.5 Å². The van der Waals surface area contributed by atoms with Crippen molar-refractivity contribution < 1.29 is 13.2 Å². The van der Waals surface area contributed by atoms with Crippen molar-refractivity contribution in [3.05, 3.63) is 64.7 Å². The average Bonchev–Trinajstić information content (AvgIpc) is 2.67. The average molecular weight is 449 g/mol. The molecular weight excluding hydrogens is 420 g/mol. The van der Waals surface area contributed by atoms with Crippen molar-refractivity contribution in [3.63, 3.8) is 0 Å². The highest BCUT2D eigenvalue weighted by Gasteiger charge is 2.39. The van der Waals surface area contributed by atoms with E-state index in [1.165, 1.54) is 4.31 Å². The predicted octanol–water partition coefficient (Wildman–Crippen LogP) is 4.56. The molecule has 0 saturated carbocycles. The molecule has 0 N–H and O–H groups in total. The van der Waals surface area contributed by atoms with E-state index in [0.29, 0.717) is 10.6 Å². The Balaban J connectivity index is 1.82. The Morgan fingerprint density at radius 3 is 2.00 bits per heavy atom. The second-order valence-corrected chi connectivity index (χ2v) is 11.3. The van der Waals surface area contributed by atoms with Crippen LogP contribution in [0.4, 0.5) is 0 Å². The van der Waals surface area contributed by atoms with E-state index in [0.717, 1.165) is 5.56 Å². The molecule has 0 aromatic heterocycles. The van der Waals surface area contributed by atoms with Gasteiger partial charge in [-0.3, -0.25) is 4.79 Å². The number of sulfonamides is 1. The summed E-state index contributed by atoms with van der Waals surface area (Å²) in [7, 11) is -3.64. The van der Waals surface area contributed by atoms with Gasteiger partial charge in [0.2, 0.25) is 10.0 Å². The molecule has 0 unspecified atom stereocenters. The van der Waals surface area contributed by atoms with Crippen molar-refractivity contribution >= 4 is 27.5 Å². The molecule has 0 radical (unpaired) electrons. The van der Waals surface area contributed by atoms with Crippen molar-refractivity contribution in [2.45, 2.75) is 57.0 Å². The highest BCUT2D eigenvalue weighted by atomic mass is 35.5. The van der Waals surface area contributed by atoms with Gasteiger partial charge in [-0.05, 0) is 49.1 Å². The number of hydrogen-bond donors (Lipinski definition) is 0. The Hall–Kier alpha value is -1.89. The van der Waals surface area contributed by atoms with E-state index in [-0.39, 0.29) is 41.4 Å². The number of piperazine rings is 1. The van der Waals surface area contributed by atoms with Crippen LogP contribution in [0.3, 0.4) is 0 Å². The van der Waals surface area contributed by atoms with Gasteiger partial charge in [0.05, 0.1) is 15.5 Å². The van der Waals surface area contributed by atoms with E-state index in [1.807, 2.05) is 26.0 Å². The molecule has 0 spiro atoms. The molecule has 1 saturated heterocycles. The fraction of sp³-hybridized carbons (Fsp3) is 0.435. The third-order valence-corrected chi connectivity index (χ3v) is 7.76. The van der Waals surface area contributed by atoms with E-state index >= 15 is 0 Å². The maximum absolute atomic E-state index is 13.2. The van der Waals surface area contributed by atoms with Gasteiger partial charge in [0.15, 0.2) is 0 Å². The molecule has 1 aliphatic rings. The monoisotopic (exact) mass is 448 g/mol. The number of halogens is 1.